The van der Waals surface area contributed by atoms with Crippen molar-refractivity contribution in [2.24, 2.45) is 0 Å². The molecule has 0 saturated heterocycles. The van der Waals surface area contributed by atoms with E-state index in [1.807, 2.05) is 0 Å². The van der Waals surface area contributed by atoms with Crippen LogP contribution in [0, 0.1) is 0 Å². The van der Waals surface area contributed by atoms with Crippen molar-refractivity contribution in [3.63, 3.8) is 0 Å². The molecule has 0 spiro atoms. The van der Waals surface area contributed by atoms with E-state index in [4.69, 9.17) is 4.74 Å². The summed E-state index contributed by atoms with van der Waals surface area (Å²) in [5.74, 6) is -2.07. The van der Waals surface area contributed by atoms with Crippen LogP contribution in [-0.2, 0) is 17.5 Å². The van der Waals surface area contributed by atoms with Crippen LogP contribution in [-0.4, -0.2) is 37.6 Å². The van der Waals surface area contributed by atoms with E-state index < -0.39 is 46.2 Å². The Labute approximate surface area is 195 Å². The Morgan fingerprint density at radius 3 is 2.51 bits per heavy atom. The molecule has 4 rings (SSSR count). The van der Waals surface area contributed by atoms with Gasteiger partial charge in [-0.05, 0) is 49.2 Å². The molecule has 2 amide bonds. The Morgan fingerprint density at radius 1 is 1.14 bits per heavy atom. The van der Waals surface area contributed by atoms with Gasteiger partial charge in [0.2, 0.25) is 5.91 Å². The number of carbonyl (C=O) groups excluding carboxylic acids is 2. The van der Waals surface area contributed by atoms with Crippen LogP contribution in [0.25, 0.3) is 0 Å². The van der Waals surface area contributed by atoms with Gasteiger partial charge in [-0.1, -0.05) is 0 Å². The summed E-state index contributed by atoms with van der Waals surface area (Å²) in [6.07, 6.45) is -2.69. The number of hydrogen-bond acceptors (Lipinski definition) is 7. The average molecular weight is 489 g/mol. The topological polar surface area (TPSA) is 146 Å². The van der Waals surface area contributed by atoms with Gasteiger partial charge < -0.3 is 20.5 Å². The second-order valence-corrected chi connectivity index (χ2v) is 7.79. The minimum atomic E-state index is -4.73. The highest BCUT2D eigenvalue weighted by Gasteiger charge is 2.51. The number of aromatic nitrogens is 3. The maximum atomic E-state index is 13.2. The maximum Gasteiger partial charge on any atom is 0.420 e. The summed E-state index contributed by atoms with van der Waals surface area (Å²) >= 11 is 0. The molecule has 0 unspecified atom stereocenters. The minimum Gasteiger partial charge on any atom is -0.508 e. The number of rotatable bonds is 7. The number of hydrogen-bond donors (Lipinski definition) is 4. The fourth-order valence-corrected chi connectivity index (χ4v) is 3.16. The Balaban J connectivity index is 1.35. The van der Waals surface area contributed by atoms with Crippen LogP contribution >= 0.6 is 0 Å². The van der Waals surface area contributed by atoms with Gasteiger partial charge in [-0.15, -0.1) is 0 Å². The Kier molecular flexibility index (Phi) is 6.16. The molecule has 10 nitrogen and oxygen atoms in total. The molecule has 0 atom stereocenters. The molecule has 1 aliphatic carbocycles. The maximum absolute atomic E-state index is 13.2. The first-order valence-electron chi connectivity index (χ1n) is 10.3. The van der Waals surface area contributed by atoms with Gasteiger partial charge in [0.05, 0.1) is 18.4 Å². The molecule has 1 saturated carbocycles. The number of nitrogens with zero attached hydrogens (tertiary/aromatic N) is 2. The normalized spacial score (nSPS) is 14.1. The predicted molar refractivity (Wildman–Crippen MR) is 114 cm³/mol. The fourth-order valence-electron chi connectivity index (χ4n) is 3.16. The molecule has 1 fully saturated rings. The van der Waals surface area contributed by atoms with E-state index in [2.05, 4.69) is 25.8 Å². The third-order valence-corrected chi connectivity index (χ3v) is 5.17. The molecule has 3 aromatic rings. The van der Waals surface area contributed by atoms with E-state index in [1.54, 1.807) is 0 Å². The van der Waals surface area contributed by atoms with E-state index >= 15 is 0 Å². The molecule has 182 valence electrons. The summed E-state index contributed by atoms with van der Waals surface area (Å²) in [6.45, 7) is 0.000646. The predicted octanol–water partition coefficient (Wildman–Crippen LogP) is 2.26. The molecule has 4 N–H and O–H groups in total. The number of aromatic hydroxyl groups is 1. The SMILES string of the molecule is O=C(NC1(C(=O)NCc2ccc(Oc3ccc(O)cc3C(F)(F)F)cn2)CC1)c1ccc(=O)[nH]n1. The zero-order valence-corrected chi connectivity index (χ0v) is 17.8. The first-order chi connectivity index (χ1) is 16.6. The number of alkyl halides is 3. The second kappa shape index (κ2) is 9.08. The fraction of sp³-hybridized carbons (Fsp3) is 0.227. The quantitative estimate of drug-likeness (QED) is 0.398. The lowest BCUT2D eigenvalue weighted by Crippen LogP contribution is -2.49. The lowest BCUT2D eigenvalue weighted by Gasteiger charge is -2.17. The van der Waals surface area contributed by atoms with Gasteiger partial charge in [-0.25, -0.2) is 5.10 Å². The van der Waals surface area contributed by atoms with Crippen LogP contribution in [0.3, 0.4) is 0 Å². The number of phenols is 1. The number of ether oxygens (including phenoxy) is 1. The molecule has 13 heteroatoms. The number of H-pyrrole nitrogens is 1. The molecule has 0 radical (unpaired) electrons. The molecular weight excluding hydrogens is 471 g/mol. The molecule has 0 bridgehead atoms. The molecule has 35 heavy (non-hydrogen) atoms. The van der Waals surface area contributed by atoms with E-state index in [0.29, 0.717) is 24.6 Å². The van der Waals surface area contributed by atoms with Crippen molar-refractivity contribution in [3.8, 4) is 17.2 Å². The van der Waals surface area contributed by atoms with Crippen LogP contribution in [0.1, 0.15) is 34.6 Å². The van der Waals surface area contributed by atoms with E-state index in [9.17, 15) is 32.7 Å². The van der Waals surface area contributed by atoms with Gasteiger partial charge in [0.15, 0.2) is 0 Å². The molecule has 2 aromatic heterocycles. The standard InChI is InChI=1S/C22H18F3N5O5/c23-22(24,25)15-9-13(31)2-5-17(15)35-14-3-1-12(26-11-14)10-27-20(34)21(7-8-21)28-19(33)16-4-6-18(32)30-29-16/h1-6,9,11,31H,7-8,10H2,(H,27,34)(H,28,33)(H,30,32). The summed E-state index contributed by atoms with van der Waals surface area (Å²) in [5.41, 5.74) is -2.33. The van der Waals surface area contributed by atoms with Crippen LogP contribution in [0.15, 0.2) is 53.5 Å². The van der Waals surface area contributed by atoms with Crippen molar-refractivity contribution in [3.05, 3.63) is 76.0 Å². The number of nitrogens with one attached hydrogen (secondary N) is 3. The smallest absolute Gasteiger partial charge is 0.420 e. The highest BCUT2D eigenvalue weighted by Crippen LogP contribution is 2.40. The number of aromatic amines is 1. The van der Waals surface area contributed by atoms with Gasteiger partial charge in [0.25, 0.3) is 11.5 Å². The highest BCUT2D eigenvalue weighted by molar-refractivity contribution is 5.99. The van der Waals surface area contributed by atoms with Gasteiger partial charge in [0, 0.05) is 6.07 Å². The zero-order valence-electron chi connectivity index (χ0n) is 17.8. The molecule has 1 aliphatic rings. The lowest BCUT2D eigenvalue weighted by molar-refractivity contribution is -0.138. The molecule has 2 heterocycles. The van der Waals surface area contributed by atoms with Gasteiger partial charge in [-0.3, -0.25) is 19.4 Å². The summed E-state index contributed by atoms with van der Waals surface area (Å²) in [5, 5.41) is 20.4. The van der Waals surface area contributed by atoms with E-state index in [-0.39, 0.29) is 18.0 Å². The van der Waals surface area contributed by atoms with Crippen molar-refractivity contribution in [1.29, 1.82) is 0 Å². The van der Waals surface area contributed by atoms with Gasteiger partial charge in [0.1, 0.15) is 34.0 Å². The van der Waals surface area contributed by atoms with Crippen LogP contribution in [0.5, 0.6) is 17.2 Å². The van der Waals surface area contributed by atoms with E-state index in [0.717, 1.165) is 18.2 Å². The summed E-state index contributed by atoms with van der Waals surface area (Å²) in [7, 11) is 0. The van der Waals surface area contributed by atoms with Gasteiger partial charge >= 0.3 is 6.18 Å². The molecular formula is C22H18F3N5O5. The summed E-state index contributed by atoms with van der Waals surface area (Å²) < 4.78 is 44.8. The monoisotopic (exact) mass is 489 g/mol. The van der Waals surface area contributed by atoms with Crippen LogP contribution in [0.2, 0.25) is 0 Å². The Bertz CT molecular complexity index is 1300. The van der Waals surface area contributed by atoms with E-state index in [1.165, 1.54) is 24.4 Å². The van der Waals surface area contributed by atoms with Crippen molar-refractivity contribution in [1.82, 2.24) is 25.8 Å². The van der Waals surface area contributed by atoms with Crippen LogP contribution < -0.4 is 20.9 Å². The minimum absolute atomic E-state index is 0.000646. The summed E-state index contributed by atoms with van der Waals surface area (Å²) in [6, 6.07) is 7.87. The van der Waals surface area contributed by atoms with Crippen LogP contribution in [0.4, 0.5) is 13.2 Å². The number of phenolic OH excluding ortho intramolecular Hbond substituents is 1. The largest absolute Gasteiger partial charge is 0.508 e. The number of benzene rings is 1. The zero-order chi connectivity index (χ0) is 25.2. The second-order valence-electron chi connectivity index (χ2n) is 7.79. The third kappa shape index (κ3) is 5.57. The molecule has 1 aromatic carbocycles. The Morgan fingerprint density at radius 2 is 1.91 bits per heavy atom. The highest BCUT2D eigenvalue weighted by atomic mass is 19.4. The first kappa shape index (κ1) is 23.7. The Hall–Kier alpha value is -4.42. The van der Waals surface area contributed by atoms with Crippen molar-refractivity contribution >= 4 is 11.8 Å². The van der Waals surface area contributed by atoms with Gasteiger partial charge in [-0.2, -0.15) is 18.3 Å². The lowest BCUT2D eigenvalue weighted by atomic mass is 10.2. The number of carbonyl (C=O) groups is 2. The average Bonchev–Trinajstić information content (AvgIpc) is 3.60. The first-order valence-corrected chi connectivity index (χ1v) is 10.3. The van der Waals surface area contributed by atoms with Crippen molar-refractivity contribution < 1.29 is 32.6 Å². The van der Waals surface area contributed by atoms with Crippen molar-refractivity contribution in [2.45, 2.75) is 31.1 Å². The van der Waals surface area contributed by atoms with Crippen molar-refractivity contribution in [2.75, 3.05) is 0 Å². The third-order valence-electron chi connectivity index (χ3n) is 5.17. The summed E-state index contributed by atoms with van der Waals surface area (Å²) in [4.78, 5) is 40.0. The number of pyridine rings is 1. The number of halogens is 3. The molecule has 0 aliphatic heterocycles. The number of amides is 2.